The quantitative estimate of drug-likeness (QED) is 0.439. The average molecular weight is 465 g/mol. The maximum absolute atomic E-state index is 13.4. The molecular weight excluding hydrogens is 436 g/mol. The largest absolute Gasteiger partial charge is 0.484 e. The summed E-state index contributed by atoms with van der Waals surface area (Å²) < 4.78 is 5.72. The third-order valence-corrected chi connectivity index (χ3v) is 5.44. The second kappa shape index (κ2) is 12.7. The molecule has 0 saturated heterocycles. The van der Waals surface area contributed by atoms with Crippen molar-refractivity contribution in [3.8, 4) is 5.75 Å². The van der Waals surface area contributed by atoms with Crippen LogP contribution in [0.3, 0.4) is 0 Å². The number of hydrogen-bond donors (Lipinski definition) is 1. The number of nitrogens with one attached hydrogen (secondary N) is 1. The van der Waals surface area contributed by atoms with Gasteiger partial charge in [-0.15, -0.1) is 0 Å². The van der Waals surface area contributed by atoms with Gasteiger partial charge >= 0.3 is 0 Å². The number of carbonyl (C=O) groups is 2. The molecule has 3 aromatic rings. The van der Waals surface area contributed by atoms with Gasteiger partial charge in [-0.1, -0.05) is 79.2 Å². The zero-order chi connectivity index (χ0) is 23.5. The number of carbonyl (C=O) groups excluding carboxylic acids is 2. The smallest absolute Gasteiger partial charge is 0.261 e. The molecule has 0 aromatic heterocycles. The van der Waals surface area contributed by atoms with Gasteiger partial charge in [-0.05, 0) is 41.8 Å². The Kier molecular flexibility index (Phi) is 9.33. The first-order valence-electron chi connectivity index (χ1n) is 11.1. The Balaban J connectivity index is 1.85. The fourth-order valence-corrected chi connectivity index (χ4v) is 3.58. The van der Waals surface area contributed by atoms with Crippen LogP contribution in [-0.4, -0.2) is 35.9 Å². The molecule has 2 amide bonds. The molecule has 5 nitrogen and oxygen atoms in total. The van der Waals surface area contributed by atoms with Gasteiger partial charge in [-0.25, -0.2) is 0 Å². The van der Waals surface area contributed by atoms with Crippen molar-refractivity contribution in [3.05, 3.63) is 101 Å². The molecule has 0 radical (unpaired) electrons. The van der Waals surface area contributed by atoms with Crippen LogP contribution >= 0.6 is 11.6 Å². The van der Waals surface area contributed by atoms with Crippen molar-refractivity contribution < 1.29 is 14.3 Å². The number of hydrogen-bond acceptors (Lipinski definition) is 3. The summed E-state index contributed by atoms with van der Waals surface area (Å²) in [6, 6.07) is 25.6. The molecule has 0 bridgehead atoms. The molecule has 3 rings (SSSR count). The van der Waals surface area contributed by atoms with Crippen molar-refractivity contribution in [3.63, 3.8) is 0 Å². The first-order chi connectivity index (χ1) is 16.1. The monoisotopic (exact) mass is 464 g/mol. The van der Waals surface area contributed by atoms with Gasteiger partial charge in [-0.2, -0.15) is 0 Å². The fraction of sp³-hybridized carbons (Fsp3) is 0.259. The standard InChI is InChI=1S/C27H29ClN2O3/c1-2-17-29-27(32)25(18-21-9-5-3-6-10-21)30(19-22-11-7-4-8-12-22)26(31)20-33-24-15-13-23(28)14-16-24/h3-16,25H,2,17-20H2,1H3,(H,29,32)/t25-/m1/s1. The Morgan fingerprint density at radius 2 is 1.52 bits per heavy atom. The molecule has 1 N–H and O–H groups in total. The van der Waals surface area contributed by atoms with E-state index in [-0.39, 0.29) is 18.4 Å². The summed E-state index contributed by atoms with van der Waals surface area (Å²) in [7, 11) is 0. The highest BCUT2D eigenvalue weighted by atomic mass is 35.5. The lowest BCUT2D eigenvalue weighted by atomic mass is 10.0. The minimum absolute atomic E-state index is 0.170. The van der Waals surface area contributed by atoms with E-state index in [4.69, 9.17) is 16.3 Å². The van der Waals surface area contributed by atoms with E-state index in [1.165, 1.54) is 0 Å². The van der Waals surface area contributed by atoms with Crippen molar-refractivity contribution >= 4 is 23.4 Å². The number of rotatable bonds is 11. The predicted octanol–water partition coefficient (Wildman–Crippen LogP) is 4.89. The molecule has 0 aliphatic carbocycles. The third kappa shape index (κ3) is 7.65. The van der Waals surface area contributed by atoms with Gasteiger partial charge in [0, 0.05) is 24.5 Å². The molecular formula is C27H29ClN2O3. The van der Waals surface area contributed by atoms with Gasteiger partial charge < -0.3 is 15.0 Å². The first kappa shape index (κ1) is 24.3. The summed E-state index contributed by atoms with van der Waals surface area (Å²) >= 11 is 5.93. The van der Waals surface area contributed by atoms with Gasteiger partial charge in [0.15, 0.2) is 6.61 Å². The molecule has 172 valence electrons. The van der Waals surface area contributed by atoms with Crippen molar-refractivity contribution in [1.82, 2.24) is 10.2 Å². The van der Waals surface area contributed by atoms with Gasteiger partial charge in [0.25, 0.3) is 5.91 Å². The second-order valence-electron chi connectivity index (χ2n) is 7.75. The lowest BCUT2D eigenvalue weighted by Crippen LogP contribution is -2.51. The van der Waals surface area contributed by atoms with Gasteiger partial charge in [0.1, 0.15) is 11.8 Å². The Morgan fingerprint density at radius 3 is 2.12 bits per heavy atom. The zero-order valence-electron chi connectivity index (χ0n) is 18.7. The van der Waals surface area contributed by atoms with Gasteiger partial charge in [0.05, 0.1) is 0 Å². The molecule has 0 fully saturated rings. The van der Waals surface area contributed by atoms with Crippen LogP contribution in [0.2, 0.25) is 5.02 Å². The third-order valence-electron chi connectivity index (χ3n) is 5.19. The van der Waals surface area contributed by atoms with Crippen LogP contribution < -0.4 is 10.1 Å². The molecule has 0 unspecified atom stereocenters. The fourth-order valence-electron chi connectivity index (χ4n) is 3.46. The summed E-state index contributed by atoms with van der Waals surface area (Å²) in [5.41, 5.74) is 1.93. The van der Waals surface area contributed by atoms with Crippen LogP contribution in [0.4, 0.5) is 0 Å². The second-order valence-corrected chi connectivity index (χ2v) is 8.18. The number of ether oxygens (including phenoxy) is 1. The molecule has 1 atom stereocenters. The predicted molar refractivity (Wildman–Crippen MR) is 131 cm³/mol. The van der Waals surface area contributed by atoms with Crippen LogP contribution in [0.15, 0.2) is 84.9 Å². The highest BCUT2D eigenvalue weighted by molar-refractivity contribution is 6.30. The minimum atomic E-state index is -0.666. The lowest BCUT2D eigenvalue weighted by Gasteiger charge is -2.31. The summed E-state index contributed by atoms with van der Waals surface area (Å²) in [6.07, 6.45) is 1.23. The normalized spacial score (nSPS) is 11.5. The van der Waals surface area contributed by atoms with E-state index in [0.29, 0.717) is 30.3 Å². The van der Waals surface area contributed by atoms with Crippen LogP contribution in [0, 0.1) is 0 Å². The van der Waals surface area contributed by atoms with Gasteiger partial charge in [0.2, 0.25) is 5.91 Å². The lowest BCUT2D eigenvalue weighted by molar-refractivity contribution is -0.142. The summed E-state index contributed by atoms with van der Waals surface area (Å²) in [5.74, 6) is 0.111. The maximum Gasteiger partial charge on any atom is 0.261 e. The Bertz CT molecular complexity index is 1010. The van der Waals surface area contributed by atoms with Crippen LogP contribution in [-0.2, 0) is 22.6 Å². The molecule has 0 spiro atoms. The van der Waals surface area contributed by atoms with Crippen LogP contribution in [0.5, 0.6) is 5.75 Å². The number of nitrogens with zero attached hydrogens (tertiary/aromatic N) is 1. The van der Waals surface area contributed by atoms with E-state index >= 15 is 0 Å². The maximum atomic E-state index is 13.4. The molecule has 0 aliphatic heterocycles. The highest BCUT2D eigenvalue weighted by Gasteiger charge is 2.30. The summed E-state index contributed by atoms with van der Waals surface area (Å²) in [5, 5.41) is 3.56. The summed E-state index contributed by atoms with van der Waals surface area (Å²) in [6.45, 7) is 2.68. The zero-order valence-corrected chi connectivity index (χ0v) is 19.5. The topological polar surface area (TPSA) is 58.6 Å². The van der Waals surface area contributed by atoms with Crippen molar-refractivity contribution in [2.24, 2.45) is 0 Å². The Morgan fingerprint density at radius 1 is 0.909 bits per heavy atom. The Labute approximate surface area is 200 Å². The molecule has 0 saturated carbocycles. The van der Waals surface area contributed by atoms with Crippen molar-refractivity contribution in [2.75, 3.05) is 13.2 Å². The highest BCUT2D eigenvalue weighted by Crippen LogP contribution is 2.18. The van der Waals surface area contributed by atoms with Crippen LogP contribution in [0.25, 0.3) is 0 Å². The molecule has 3 aromatic carbocycles. The molecule has 0 aliphatic rings. The number of amides is 2. The molecule has 33 heavy (non-hydrogen) atoms. The van der Waals surface area contributed by atoms with E-state index in [1.54, 1.807) is 29.2 Å². The molecule has 0 heterocycles. The first-order valence-corrected chi connectivity index (χ1v) is 11.5. The number of halogens is 1. The SMILES string of the molecule is CCCNC(=O)[C@@H](Cc1ccccc1)N(Cc1ccccc1)C(=O)COc1ccc(Cl)cc1. The number of benzene rings is 3. The minimum Gasteiger partial charge on any atom is -0.484 e. The Hall–Kier alpha value is -3.31. The molecule has 6 heteroatoms. The van der Waals surface area contributed by atoms with Crippen molar-refractivity contribution in [2.45, 2.75) is 32.4 Å². The van der Waals surface area contributed by atoms with E-state index in [9.17, 15) is 9.59 Å². The van der Waals surface area contributed by atoms with E-state index < -0.39 is 6.04 Å². The van der Waals surface area contributed by atoms with Crippen molar-refractivity contribution in [1.29, 1.82) is 0 Å². The van der Waals surface area contributed by atoms with E-state index in [0.717, 1.165) is 17.5 Å². The van der Waals surface area contributed by atoms with Gasteiger partial charge in [-0.3, -0.25) is 9.59 Å². The summed E-state index contributed by atoms with van der Waals surface area (Å²) in [4.78, 5) is 28.2. The van der Waals surface area contributed by atoms with E-state index in [2.05, 4.69) is 5.32 Å². The van der Waals surface area contributed by atoms with Crippen LogP contribution in [0.1, 0.15) is 24.5 Å². The van der Waals surface area contributed by atoms with E-state index in [1.807, 2.05) is 67.6 Å². The average Bonchev–Trinajstić information content (AvgIpc) is 2.85.